The van der Waals surface area contributed by atoms with Crippen molar-refractivity contribution < 1.29 is 0 Å². The smallest absolute Gasteiger partial charge is 0.224 e. The van der Waals surface area contributed by atoms with Crippen LogP contribution in [0.1, 0.15) is 43.2 Å². The first kappa shape index (κ1) is 20.2. The normalized spacial score (nSPS) is 25.2. The van der Waals surface area contributed by atoms with Crippen LogP contribution in [0, 0.1) is 29.1 Å². The van der Waals surface area contributed by atoms with Gasteiger partial charge in [0.05, 0.1) is 6.20 Å². The van der Waals surface area contributed by atoms with Crippen molar-refractivity contribution in [3.63, 3.8) is 0 Å². The number of fused-ring (bicyclic) bond motifs is 3. The van der Waals surface area contributed by atoms with Gasteiger partial charge in [0.2, 0.25) is 5.95 Å². The highest BCUT2D eigenvalue weighted by Gasteiger charge is 2.37. The number of nitrogens with one attached hydrogen (secondary N) is 2. The Bertz CT molecular complexity index is 1090. The van der Waals surface area contributed by atoms with Crippen molar-refractivity contribution in [3.05, 3.63) is 47.0 Å². The third-order valence-corrected chi connectivity index (χ3v) is 7.99. The van der Waals surface area contributed by atoms with Crippen molar-refractivity contribution in [1.29, 1.82) is 5.26 Å². The van der Waals surface area contributed by atoms with Gasteiger partial charge in [0, 0.05) is 23.8 Å². The molecule has 2 aliphatic rings. The highest BCUT2D eigenvalue weighted by Crippen LogP contribution is 2.41. The molecule has 2 unspecified atom stereocenters. The van der Waals surface area contributed by atoms with Crippen LogP contribution in [-0.2, 0) is 6.54 Å². The minimum atomic E-state index is 0.378. The van der Waals surface area contributed by atoms with Gasteiger partial charge in [-0.3, -0.25) is 0 Å². The zero-order valence-corrected chi connectivity index (χ0v) is 18.4. The Morgan fingerprint density at radius 2 is 1.97 bits per heavy atom. The quantitative estimate of drug-likeness (QED) is 0.520. The van der Waals surface area contributed by atoms with E-state index in [2.05, 4.69) is 56.3 Å². The average Bonchev–Trinajstić information content (AvgIpc) is 3.20. The summed E-state index contributed by atoms with van der Waals surface area (Å²) in [6.07, 6.45) is 7.80. The monoisotopic (exact) mass is 432 g/mol. The van der Waals surface area contributed by atoms with Crippen molar-refractivity contribution in [1.82, 2.24) is 9.97 Å². The van der Waals surface area contributed by atoms with Crippen LogP contribution in [0.15, 0.2) is 35.8 Å². The molecular weight excluding hydrogens is 404 g/mol. The summed E-state index contributed by atoms with van der Waals surface area (Å²) >= 11 is 1.74. The Labute approximate surface area is 186 Å². The fourth-order valence-electron chi connectivity index (χ4n) is 5.35. The third-order valence-electron chi connectivity index (χ3n) is 6.98. The van der Waals surface area contributed by atoms with Gasteiger partial charge in [0.15, 0.2) is 0 Å². The Morgan fingerprint density at radius 1 is 1.16 bits per heavy atom. The molecule has 2 fully saturated rings. The molecule has 31 heavy (non-hydrogen) atoms. The van der Waals surface area contributed by atoms with E-state index in [1.807, 2.05) is 0 Å². The lowest BCUT2D eigenvalue weighted by Crippen LogP contribution is -2.47. The molecule has 7 heteroatoms. The highest BCUT2D eigenvalue weighted by atomic mass is 32.1. The van der Waals surface area contributed by atoms with Crippen LogP contribution < -0.4 is 16.4 Å². The van der Waals surface area contributed by atoms with Crippen LogP contribution in [0.5, 0.6) is 0 Å². The van der Waals surface area contributed by atoms with Gasteiger partial charge < -0.3 is 16.4 Å². The lowest BCUT2D eigenvalue weighted by Gasteiger charge is -2.44. The molecule has 2 aliphatic carbocycles. The predicted octanol–water partition coefficient (Wildman–Crippen LogP) is 4.74. The summed E-state index contributed by atoms with van der Waals surface area (Å²) in [5, 5.41) is 19.7. The van der Waals surface area contributed by atoms with E-state index in [1.54, 1.807) is 17.5 Å². The molecule has 4 atom stereocenters. The summed E-state index contributed by atoms with van der Waals surface area (Å²) in [7, 11) is 0. The SMILES string of the molecule is N#Cc1cnc(NCc2csc3ccccc23)nc1NCC1C[C@H]2CCC[C@@H](C1)C2N. The predicted molar refractivity (Wildman–Crippen MR) is 126 cm³/mol. The maximum atomic E-state index is 9.51. The van der Waals surface area contributed by atoms with Gasteiger partial charge in [-0.2, -0.15) is 10.2 Å². The third kappa shape index (κ3) is 4.23. The van der Waals surface area contributed by atoms with Gasteiger partial charge in [0.1, 0.15) is 17.5 Å². The maximum Gasteiger partial charge on any atom is 0.224 e. The molecule has 0 radical (unpaired) electrons. The summed E-state index contributed by atoms with van der Waals surface area (Å²) in [6, 6.07) is 11.0. The number of thiophene rings is 1. The zero-order valence-electron chi connectivity index (χ0n) is 17.6. The molecule has 2 saturated carbocycles. The van der Waals surface area contributed by atoms with Crippen LogP contribution >= 0.6 is 11.3 Å². The second kappa shape index (κ2) is 8.81. The van der Waals surface area contributed by atoms with Crippen molar-refractivity contribution in [3.8, 4) is 6.07 Å². The van der Waals surface area contributed by atoms with E-state index in [9.17, 15) is 5.26 Å². The summed E-state index contributed by atoms with van der Waals surface area (Å²) in [5.41, 5.74) is 8.15. The first-order valence-electron chi connectivity index (χ1n) is 11.2. The van der Waals surface area contributed by atoms with E-state index in [0.29, 0.717) is 47.7 Å². The van der Waals surface area contributed by atoms with Crippen molar-refractivity contribution in [2.45, 2.75) is 44.7 Å². The second-order valence-corrected chi connectivity index (χ2v) is 9.84. The molecule has 2 aromatic heterocycles. The van der Waals surface area contributed by atoms with Crippen molar-refractivity contribution in [2.75, 3.05) is 17.2 Å². The average molecular weight is 433 g/mol. The number of aromatic nitrogens is 2. The highest BCUT2D eigenvalue weighted by molar-refractivity contribution is 7.17. The molecule has 0 amide bonds. The summed E-state index contributed by atoms with van der Waals surface area (Å²) in [4.78, 5) is 8.96. The summed E-state index contributed by atoms with van der Waals surface area (Å²) in [6.45, 7) is 1.49. The number of rotatable bonds is 6. The van der Waals surface area contributed by atoms with Crippen LogP contribution in [-0.4, -0.2) is 22.6 Å². The second-order valence-electron chi connectivity index (χ2n) is 8.93. The van der Waals surface area contributed by atoms with Gasteiger partial charge in [-0.1, -0.05) is 24.6 Å². The number of benzene rings is 1. The van der Waals surface area contributed by atoms with E-state index in [1.165, 1.54) is 47.8 Å². The Morgan fingerprint density at radius 3 is 2.77 bits per heavy atom. The number of nitrogens with two attached hydrogens (primary N) is 1. The minimum Gasteiger partial charge on any atom is -0.369 e. The number of hydrogen-bond donors (Lipinski definition) is 3. The Hall–Kier alpha value is -2.69. The molecule has 160 valence electrons. The number of nitrogens with zero attached hydrogens (tertiary/aromatic N) is 3. The molecule has 1 aromatic carbocycles. The van der Waals surface area contributed by atoms with Crippen molar-refractivity contribution in [2.24, 2.45) is 23.5 Å². The first-order chi connectivity index (χ1) is 15.2. The zero-order chi connectivity index (χ0) is 21.2. The van der Waals surface area contributed by atoms with E-state index >= 15 is 0 Å². The lowest BCUT2D eigenvalue weighted by molar-refractivity contribution is 0.112. The molecule has 2 bridgehead atoms. The molecule has 2 heterocycles. The van der Waals surface area contributed by atoms with E-state index < -0.39 is 0 Å². The number of hydrogen-bond acceptors (Lipinski definition) is 7. The number of nitriles is 1. The van der Waals surface area contributed by atoms with Crippen LogP contribution in [0.2, 0.25) is 0 Å². The molecule has 0 saturated heterocycles. The lowest BCUT2D eigenvalue weighted by atomic mass is 9.65. The van der Waals surface area contributed by atoms with Crippen LogP contribution in [0.4, 0.5) is 11.8 Å². The first-order valence-corrected chi connectivity index (χ1v) is 12.0. The molecular formula is C24H28N6S. The van der Waals surface area contributed by atoms with Gasteiger partial charge in [0.25, 0.3) is 0 Å². The topological polar surface area (TPSA) is 99.6 Å². The molecule has 4 N–H and O–H groups in total. The molecule has 6 nitrogen and oxygen atoms in total. The molecule has 3 aromatic rings. The molecule has 0 aliphatic heterocycles. The number of anilines is 2. The fraction of sp³-hybridized carbons (Fsp3) is 0.458. The Balaban J connectivity index is 1.25. The van der Waals surface area contributed by atoms with Gasteiger partial charge >= 0.3 is 0 Å². The summed E-state index contributed by atoms with van der Waals surface area (Å²) in [5.74, 6) is 3.05. The maximum absolute atomic E-state index is 9.51. The minimum absolute atomic E-state index is 0.378. The van der Waals surface area contributed by atoms with Crippen LogP contribution in [0.25, 0.3) is 10.1 Å². The van der Waals surface area contributed by atoms with E-state index in [-0.39, 0.29) is 0 Å². The molecule has 0 spiro atoms. The Kier molecular flexibility index (Phi) is 5.75. The van der Waals surface area contributed by atoms with Gasteiger partial charge in [-0.05, 0) is 65.8 Å². The largest absolute Gasteiger partial charge is 0.369 e. The van der Waals surface area contributed by atoms with Gasteiger partial charge in [-0.25, -0.2) is 4.98 Å². The fourth-order valence-corrected chi connectivity index (χ4v) is 6.31. The standard InChI is InChI=1S/C24H28N6S/c25-10-18-12-28-24(29-13-19-14-31-21-7-2-1-6-20(19)21)30-23(18)27-11-15-8-16-4-3-5-17(9-15)22(16)26/h1-2,6-7,12,14-17,22H,3-5,8-9,11,13,26H2,(H2,27,28,29,30)/t15?,16-,17+,22?. The van der Waals surface area contributed by atoms with Gasteiger partial charge in [-0.15, -0.1) is 11.3 Å². The van der Waals surface area contributed by atoms with E-state index in [4.69, 9.17) is 5.73 Å². The summed E-state index contributed by atoms with van der Waals surface area (Å²) < 4.78 is 1.28. The van der Waals surface area contributed by atoms with E-state index in [0.717, 1.165) is 6.54 Å². The van der Waals surface area contributed by atoms with Crippen LogP contribution in [0.3, 0.4) is 0 Å². The molecule has 5 rings (SSSR count). The van der Waals surface area contributed by atoms with Crippen molar-refractivity contribution >= 4 is 33.2 Å².